The number of nitrogens with zero attached hydrogens (tertiary/aromatic N) is 1. The lowest BCUT2D eigenvalue weighted by atomic mass is 10.1. The first-order valence-corrected chi connectivity index (χ1v) is 13.8. The molecule has 11 nitrogen and oxygen atoms in total. The number of hydrogen-bond donors (Lipinski definition) is 2. The molecule has 1 heterocycles. The maximum atomic E-state index is 13.5. The summed E-state index contributed by atoms with van der Waals surface area (Å²) in [5.74, 6) is -1.08. The van der Waals surface area contributed by atoms with Crippen LogP contribution in [0.3, 0.4) is 0 Å². The maximum absolute atomic E-state index is 13.5. The Morgan fingerprint density at radius 1 is 0.953 bits per heavy atom. The Bertz CT molecular complexity index is 1560. The van der Waals surface area contributed by atoms with E-state index in [0.717, 1.165) is 11.3 Å². The van der Waals surface area contributed by atoms with E-state index in [1.807, 2.05) is 13.0 Å². The molecule has 1 aliphatic heterocycles. The zero-order valence-electron chi connectivity index (χ0n) is 23.8. The normalized spacial score (nSPS) is 13.9. The number of rotatable bonds is 12. The monoisotopic (exact) mass is 607 g/mol. The van der Waals surface area contributed by atoms with E-state index in [9.17, 15) is 19.2 Å². The van der Waals surface area contributed by atoms with Gasteiger partial charge in [0.2, 0.25) is 0 Å². The highest BCUT2D eigenvalue weighted by molar-refractivity contribution is 6.39. The molecule has 2 N–H and O–H groups in total. The molecule has 3 aromatic carbocycles. The van der Waals surface area contributed by atoms with E-state index in [1.165, 1.54) is 37.5 Å². The van der Waals surface area contributed by atoms with Crippen molar-refractivity contribution in [1.29, 1.82) is 0 Å². The quantitative estimate of drug-likeness (QED) is 0.212. The van der Waals surface area contributed by atoms with Crippen molar-refractivity contribution < 1.29 is 38.1 Å². The van der Waals surface area contributed by atoms with Crippen LogP contribution in [0.2, 0.25) is 5.02 Å². The number of ether oxygens (including phenoxy) is 4. The summed E-state index contributed by atoms with van der Waals surface area (Å²) in [6.07, 6.45) is 2.06. The Balaban J connectivity index is 1.58. The largest absolute Gasteiger partial charge is 0.493 e. The summed E-state index contributed by atoms with van der Waals surface area (Å²) >= 11 is 6.45. The van der Waals surface area contributed by atoms with Crippen molar-refractivity contribution in [3.63, 3.8) is 0 Å². The van der Waals surface area contributed by atoms with Crippen LogP contribution in [-0.4, -0.2) is 50.7 Å². The summed E-state index contributed by atoms with van der Waals surface area (Å²) < 4.78 is 22.4. The number of halogens is 1. The van der Waals surface area contributed by atoms with Gasteiger partial charge in [-0.25, -0.2) is 9.69 Å². The minimum absolute atomic E-state index is 0.0688. The van der Waals surface area contributed by atoms with Crippen molar-refractivity contribution >= 4 is 52.8 Å². The van der Waals surface area contributed by atoms with E-state index in [-0.39, 0.29) is 34.4 Å². The summed E-state index contributed by atoms with van der Waals surface area (Å²) in [5.41, 5.74) is 0.780. The highest BCUT2D eigenvalue weighted by Crippen LogP contribution is 2.38. The van der Waals surface area contributed by atoms with E-state index in [4.69, 9.17) is 30.5 Å². The number of nitrogens with one attached hydrogen (secondary N) is 2. The summed E-state index contributed by atoms with van der Waals surface area (Å²) in [4.78, 5) is 52.2. The van der Waals surface area contributed by atoms with Gasteiger partial charge in [-0.2, -0.15) is 0 Å². The van der Waals surface area contributed by atoms with E-state index < -0.39 is 23.8 Å². The van der Waals surface area contributed by atoms with Gasteiger partial charge in [0.25, 0.3) is 17.7 Å². The van der Waals surface area contributed by atoms with Crippen LogP contribution in [0.5, 0.6) is 23.0 Å². The van der Waals surface area contributed by atoms with E-state index in [1.54, 1.807) is 37.3 Å². The highest BCUT2D eigenvalue weighted by atomic mass is 35.5. The molecular weight excluding hydrogens is 578 g/mol. The molecule has 5 amide bonds. The van der Waals surface area contributed by atoms with E-state index in [0.29, 0.717) is 36.0 Å². The SMILES string of the molecule is CCCOc1ccc(N2C(=O)NC(=O)/C(=C\c3cc(Cl)c(OCC(=O)Nc4ccccc4)c(OC)c3)C2=O)cc1OCC. The number of benzene rings is 3. The molecule has 0 spiro atoms. The molecule has 12 heteroatoms. The molecule has 3 aromatic rings. The number of carbonyl (C=O) groups excluding carboxylic acids is 4. The number of para-hydroxylation sites is 1. The van der Waals surface area contributed by atoms with Crippen LogP contribution < -0.4 is 34.5 Å². The summed E-state index contributed by atoms with van der Waals surface area (Å²) in [5, 5.41) is 4.96. The fourth-order valence-corrected chi connectivity index (χ4v) is 4.39. The molecule has 224 valence electrons. The van der Waals surface area contributed by atoms with Crippen molar-refractivity contribution in [2.24, 2.45) is 0 Å². The van der Waals surface area contributed by atoms with Crippen LogP contribution in [0.25, 0.3) is 6.08 Å². The van der Waals surface area contributed by atoms with Gasteiger partial charge in [0.15, 0.2) is 29.6 Å². The number of amides is 5. The minimum Gasteiger partial charge on any atom is -0.493 e. The van der Waals surface area contributed by atoms with Crippen LogP contribution in [0.15, 0.2) is 66.2 Å². The molecule has 43 heavy (non-hydrogen) atoms. The second kappa shape index (κ2) is 14.2. The second-order valence-corrected chi connectivity index (χ2v) is 9.51. The topological polar surface area (TPSA) is 132 Å². The predicted octanol–water partition coefficient (Wildman–Crippen LogP) is 5.22. The van der Waals surface area contributed by atoms with Gasteiger partial charge in [0.05, 0.1) is 31.0 Å². The summed E-state index contributed by atoms with van der Waals surface area (Å²) in [6, 6.07) is 15.5. The molecule has 0 saturated carbocycles. The van der Waals surface area contributed by atoms with Crippen molar-refractivity contribution in [3.05, 3.63) is 76.8 Å². The van der Waals surface area contributed by atoms with Crippen LogP contribution in [0, 0.1) is 0 Å². The number of carbonyl (C=O) groups is 4. The standard InChI is InChI=1S/C31H30ClN3O8/c1-4-13-42-24-12-11-21(17-25(24)41-5-2)35-30(38)22(29(37)34-31(35)39)14-19-15-23(32)28(26(16-19)40-3)43-18-27(36)33-20-9-7-6-8-10-20/h6-12,14-17H,4-5,13,18H2,1-3H3,(H,33,36)(H,34,37,39)/b22-14+. The predicted molar refractivity (Wildman–Crippen MR) is 161 cm³/mol. The molecule has 1 saturated heterocycles. The Labute approximate surface area is 253 Å². The molecular formula is C31H30ClN3O8. The number of barbiturate groups is 1. The maximum Gasteiger partial charge on any atom is 0.335 e. The van der Waals surface area contributed by atoms with Gasteiger partial charge in [0, 0.05) is 11.8 Å². The van der Waals surface area contributed by atoms with Crippen LogP contribution in [0.4, 0.5) is 16.2 Å². The number of urea groups is 1. The molecule has 1 fully saturated rings. The zero-order valence-corrected chi connectivity index (χ0v) is 24.5. The Kier molecular flexibility index (Phi) is 10.2. The number of anilines is 2. The Morgan fingerprint density at radius 3 is 2.42 bits per heavy atom. The first-order chi connectivity index (χ1) is 20.7. The smallest absolute Gasteiger partial charge is 0.335 e. The van der Waals surface area contributed by atoms with Gasteiger partial charge in [-0.1, -0.05) is 36.7 Å². The first kappa shape index (κ1) is 30.9. The first-order valence-electron chi connectivity index (χ1n) is 13.4. The fraction of sp³-hybridized carbons (Fsp3) is 0.226. The molecule has 4 rings (SSSR count). The summed E-state index contributed by atoms with van der Waals surface area (Å²) in [6.45, 7) is 4.20. The van der Waals surface area contributed by atoms with Gasteiger partial charge in [-0.05, 0) is 61.4 Å². The van der Waals surface area contributed by atoms with Crippen molar-refractivity contribution in [3.8, 4) is 23.0 Å². The third-order valence-corrected chi connectivity index (χ3v) is 6.30. The average molecular weight is 608 g/mol. The third kappa shape index (κ3) is 7.44. The van der Waals surface area contributed by atoms with Crippen molar-refractivity contribution in [1.82, 2.24) is 5.32 Å². The molecule has 0 bridgehead atoms. The molecule has 0 atom stereocenters. The molecule has 0 aromatic heterocycles. The average Bonchev–Trinajstić information content (AvgIpc) is 2.98. The van der Waals surface area contributed by atoms with Crippen molar-refractivity contribution in [2.75, 3.05) is 37.1 Å². The lowest BCUT2D eigenvalue weighted by molar-refractivity contribution is -0.122. The van der Waals surface area contributed by atoms with E-state index >= 15 is 0 Å². The van der Waals surface area contributed by atoms with Crippen LogP contribution >= 0.6 is 11.6 Å². The Morgan fingerprint density at radius 2 is 1.72 bits per heavy atom. The van der Waals surface area contributed by atoms with Crippen LogP contribution in [-0.2, 0) is 14.4 Å². The Hall–Kier alpha value is -5.03. The van der Waals surface area contributed by atoms with Crippen LogP contribution in [0.1, 0.15) is 25.8 Å². The molecule has 1 aliphatic rings. The van der Waals surface area contributed by atoms with Gasteiger partial charge in [-0.15, -0.1) is 0 Å². The fourth-order valence-electron chi connectivity index (χ4n) is 4.11. The summed E-state index contributed by atoms with van der Waals surface area (Å²) in [7, 11) is 1.38. The number of hydrogen-bond acceptors (Lipinski definition) is 8. The zero-order chi connectivity index (χ0) is 30.9. The highest BCUT2D eigenvalue weighted by Gasteiger charge is 2.37. The number of imide groups is 2. The lowest BCUT2D eigenvalue weighted by Gasteiger charge is -2.27. The van der Waals surface area contributed by atoms with Gasteiger partial charge >= 0.3 is 6.03 Å². The van der Waals surface area contributed by atoms with Crippen molar-refractivity contribution in [2.45, 2.75) is 20.3 Å². The lowest BCUT2D eigenvalue weighted by Crippen LogP contribution is -2.54. The van der Waals surface area contributed by atoms with Gasteiger partial charge in [-0.3, -0.25) is 19.7 Å². The minimum atomic E-state index is -0.912. The van der Waals surface area contributed by atoms with E-state index in [2.05, 4.69) is 10.6 Å². The van der Waals surface area contributed by atoms with Gasteiger partial charge in [0.1, 0.15) is 5.57 Å². The third-order valence-electron chi connectivity index (χ3n) is 6.02. The second-order valence-electron chi connectivity index (χ2n) is 9.11. The number of methoxy groups -OCH3 is 1. The van der Waals surface area contributed by atoms with Gasteiger partial charge < -0.3 is 24.3 Å². The molecule has 0 unspecified atom stereocenters. The molecule has 0 radical (unpaired) electrons. The molecule has 0 aliphatic carbocycles.